The second kappa shape index (κ2) is 5.51. The molecule has 0 aliphatic carbocycles. The zero-order valence-electron chi connectivity index (χ0n) is 11.1. The minimum Gasteiger partial charge on any atom is -0.486 e. The van der Waals surface area contributed by atoms with Crippen LogP contribution in [-0.4, -0.2) is 4.98 Å². The quantitative estimate of drug-likeness (QED) is 0.673. The van der Waals surface area contributed by atoms with Crippen molar-refractivity contribution in [2.45, 2.75) is 13.0 Å². The van der Waals surface area contributed by atoms with Crippen LogP contribution in [0.3, 0.4) is 0 Å². The molecule has 0 radical (unpaired) electrons. The minimum atomic E-state index is -0.00664. The molecule has 20 heavy (non-hydrogen) atoms. The van der Waals surface area contributed by atoms with Crippen molar-refractivity contribution in [2.75, 3.05) is 0 Å². The lowest BCUT2D eigenvalue weighted by atomic mass is 10.1. The second-order valence-corrected chi connectivity index (χ2v) is 5.05. The summed E-state index contributed by atoms with van der Waals surface area (Å²) < 4.78 is 5.97. The van der Waals surface area contributed by atoms with Crippen LogP contribution in [0.15, 0.2) is 60.8 Å². The monoisotopic (exact) mass is 283 g/mol. The van der Waals surface area contributed by atoms with Crippen molar-refractivity contribution in [2.24, 2.45) is 0 Å². The van der Waals surface area contributed by atoms with Gasteiger partial charge in [0.05, 0.1) is 10.5 Å². The van der Waals surface area contributed by atoms with Crippen LogP contribution in [0.25, 0.3) is 10.9 Å². The topological polar surface area (TPSA) is 22.1 Å². The Balaban J connectivity index is 1.88. The van der Waals surface area contributed by atoms with E-state index in [1.807, 2.05) is 43.3 Å². The van der Waals surface area contributed by atoms with Crippen molar-refractivity contribution in [3.8, 4) is 5.75 Å². The Labute approximate surface area is 123 Å². The summed E-state index contributed by atoms with van der Waals surface area (Å²) in [5.74, 6) is 0.795. The fourth-order valence-corrected chi connectivity index (χ4v) is 2.38. The molecule has 1 unspecified atom stereocenters. The van der Waals surface area contributed by atoms with Crippen LogP contribution in [0.5, 0.6) is 5.75 Å². The Hall–Kier alpha value is -2.06. The lowest BCUT2D eigenvalue weighted by molar-refractivity contribution is 0.227. The molecule has 100 valence electrons. The van der Waals surface area contributed by atoms with Gasteiger partial charge in [-0.05, 0) is 30.7 Å². The molecule has 3 heteroatoms. The van der Waals surface area contributed by atoms with Crippen LogP contribution in [0.1, 0.15) is 18.6 Å². The first-order valence-corrected chi connectivity index (χ1v) is 6.88. The summed E-state index contributed by atoms with van der Waals surface area (Å²) in [5, 5.41) is 1.64. The molecule has 0 bridgehead atoms. The molecule has 0 saturated heterocycles. The number of aromatic nitrogens is 1. The van der Waals surface area contributed by atoms with E-state index in [-0.39, 0.29) is 6.10 Å². The van der Waals surface area contributed by atoms with Crippen LogP contribution in [0, 0.1) is 0 Å². The van der Waals surface area contributed by atoms with E-state index in [9.17, 15) is 0 Å². The first-order chi connectivity index (χ1) is 9.74. The molecule has 0 spiro atoms. The molecule has 3 rings (SSSR count). The van der Waals surface area contributed by atoms with Crippen LogP contribution >= 0.6 is 11.6 Å². The molecule has 0 N–H and O–H groups in total. The molecule has 2 nitrogen and oxygen atoms in total. The summed E-state index contributed by atoms with van der Waals surface area (Å²) in [6.45, 7) is 2.03. The summed E-state index contributed by atoms with van der Waals surface area (Å²) in [6.07, 6.45) is 1.70. The van der Waals surface area contributed by atoms with Gasteiger partial charge in [-0.25, -0.2) is 0 Å². The third-order valence-corrected chi connectivity index (χ3v) is 3.57. The minimum absolute atomic E-state index is 0.00664. The van der Waals surface area contributed by atoms with Gasteiger partial charge in [0.15, 0.2) is 0 Å². The number of hydrogen-bond acceptors (Lipinski definition) is 2. The Kier molecular flexibility index (Phi) is 3.57. The van der Waals surface area contributed by atoms with Gasteiger partial charge < -0.3 is 4.74 Å². The Morgan fingerprint density at radius 1 is 1.05 bits per heavy atom. The zero-order chi connectivity index (χ0) is 13.9. The number of ether oxygens (including phenoxy) is 1. The van der Waals surface area contributed by atoms with Crippen molar-refractivity contribution in [3.63, 3.8) is 0 Å². The standard InChI is InChI=1S/C17H14ClNO/c1-12(13-5-3-2-4-6-13)20-14-7-8-15-16(18)9-10-19-17(15)11-14/h2-12H,1H3. The highest BCUT2D eigenvalue weighted by atomic mass is 35.5. The molecule has 2 aromatic carbocycles. The van der Waals surface area contributed by atoms with E-state index in [1.165, 1.54) is 0 Å². The molecular weight excluding hydrogens is 270 g/mol. The Bertz CT molecular complexity index is 727. The number of fused-ring (bicyclic) bond motifs is 1. The van der Waals surface area contributed by atoms with E-state index in [0.29, 0.717) is 5.02 Å². The normalized spacial score (nSPS) is 12.3. The molecular formula is C17H14ClNO. The third-order valence-electron chi connectivity index (χ3n) is 3.24. The van der Waals surface area contributed by atoms with Gasteiger partial charge in [0.1, 0.15) is 11.9 Å². The van der Waals surface area contributed by atoms with Crippen molar-refractivity contribution in [3.05, 3.63) is 71.4 Å². The van der Waals surface area contributed by atoms with E-state index in [2.05, 4.69) is 17.1 Å². The smallest absolute Gasteiger partial charge is 0.122 e. The van der Waals surface area contributed by atoms with Crippen LogP contribution in [0.4, 0.5) is 0 Å². The van der Waals surface area contributed by atoms with E-state index in [0.717, 1.165) is 22.2 Å². The van der Waals surface area contributed by atoms with E-state index in [1.54, 1.807) is 12.3 Å². The fraction of sp³-hybridized carbons (Fsp3) is 0.118. The summed E-state index contributed by atoms with van der Waals surface area (Å²) >= 11 is 6.13. The molecule has 3 aromatic rings. The van der Waals surface area contributed by atoms with E-state index in [4.69, 9.17) is 16.3 Å². The summed E-state index contributed by atoms with van der Waals surface area (Å²) in [4.78, 5) is 4.32. The lowest BCUT2D eigenvalue weighted by Crippen LogP contribution is -2.02. The molecule has 1 atom stereocenters. The second-order valence-electron chi connectivity index (χ2n) is 4.64. The summed E-state index contributed by atoms with van der Waals surface area (Å²) in [7, 11) is 0. The maximum atomic E-state index is 6.13. The highest BCUT2D eigenvalue weighted by Crippen LogP contribution is 2.27. The van der Waals surface area contributed by atoms with Gasteiger partial charge in [-0.3, -0.25) is 4.98 Å². The molecule has 0 aliphatic rings. The number of pyridine rings is 1. The largest absolute Gasteiger partial charge is 0.486 e. The zero-order valence-corrected chi connectivity index (χ0v) is 11.8. The van der Waals surface area contributed by atoms with Crippen LogP contribution in [0.2, 0.25) is 5.02 Å². The van der Waals surface area contributed by atoms with Gasteiger partial charge in [-0.1, -0.05) is 41.9 Å². The van der Waals surface area contributed by atoms with Gasteiger partial charge in [0.2, 0.25) is 0 Å². The van der Waals surface area contributed by atoms with Gasteiger partial charge >= 0.3 is 0 Å². The number of nitrogens with zero attached hydrogens (tertiary/aromatic N) is 1. The predicted octanol–water partition coefficient (Wildman–Crippen LogP) is 5.03. The Morgan fingerprint density at radius 3 is 2.65 bits per heavy atom. The van der Waals surface area contributed by atoms with Crippen molar-refractivity contribution >= 4 is 22.5 Å². The maximum Gasteiger partial charge on any atom is 0.122 e. The third kappa shape index (κ3) is 2.61. The number of rotatable bonds is 3. The number of benzene rings is 2. The molecule has 0 amide bonds. The van der Waals surface area contributed by atoms with Gasteiger partial charge in [0.25, 0.3) is 0 Å². The summed E-state index contributed by atoms with van der Waals surface area (Å²) in [5.41, 5.74) is 1.99. The molecule has 0 aliphatic heterocycles. The van der Waals surface area contributed by atoms with Crippen molar-refractivity contribution < 1.29 is 4.74 Å². The molecule has 0 fully saturated rings. The SMILES string of the molecule is CC(Oc1ccc2c(Cl)ccnc2c1)c1ccccc1. The summed E-state index contributed by atoms with van der Waals surface area (Å²) in [6, 6.07) is 17.7. The van der Waals surface area contributed by atoms with Crippen molar-refractivity contribution in [1.82, 2.24) is 4.98 Å². The Morgan fingerprint density at radius 2 is 1.85 bits per heavy atom. The van der Waals surface area contributed by atoms with E-state index < -0.39 is 0 Å². The highest BCUT2D eigenvalue weighted by molar-refractivity contribution is 6.35. The molecule has 1 heterocycles. The lowest BCUT2D eigenvalue weighted by Gasteiger charge is -2.15. The molecule has 0 saturated carbocycles. The van der Waals surface area contributed by atoms with Crippen LogP contribution in [-0.2, 0) is 0 Å². The van der Waals surface area contributed by atoms with Crippen LogP contribution < -0.4 is 4.74 Å². The fourth-order valence-electron chi connectivity index (χ4n) is 2.16. The average Bonchev–Trinajstić information content (AvgIpc) is 2.48. The predicted molar refractivity (Wildman–Crippen MR) is 82.2 cm³/mol. The molecule has 1 aromatic heterocycles. The van der Waals surface area contributed by atoms with E-state index >= 15 is 0 Å². The first-order valence-electron chi connectivity index (χ1n) is 6.50. The first kappa shape index (κ1) is 12.9. The van der Waals surface area contributed by atoms with Crippen molar-refractivity contribution in [1.29, 1.82) is 0 Å². The highest BCUT2D eigenvalue weighted by Gasteiger charge is 2.08. The van der Waals surface area contributed by atoms with Gasteiger partial charge in [-0.2, -0.15) is 0 Å². The van der Waals surface area contributed by atoms with Gasteiger partial charge in [0, 0.05) is 17.6 Å². The number of halogens is 1. The van der Waals surface area contributed by atoms with Gasteiger partial charge in [-0.15, -0.1) is 0 Å². The average molecular weight is 284 g/mol. The maximum absolute atomic E-state index is 6.13. The number of hydrogen-bond donors (Lipinski definition) is 0.